The third kappa shape index (κ3) is 8190000. The second-order valence-corrected chi connectivity index (χ2v) is 0.144. The van der Waals surface area contributed by atoms with Crippen LogP contribution in [0.15, 0.2) is 6.58 Å². The van der Waals surface area contributed by atoms with Gasteiger partial charge in [-0.1, -0.05) is 0 Å². The van der Waals surface area contributed by atoms with Crippen LogP contribution in [0.5, 0.6) is 0 Å². The van der Waals surface area contributed by atoms with Crippen molar-refractivity contribution in [2.75, 3.05) is 0 Å². The maximum atomic E-state index is 8.57. The van der Waals surface area contributed by atoms with Gasteiger partial charge in [-0.05, 0) is 6.58 Å². The monoisotopic (exact) mass is 162 g/mol. The molecular formula is C2H10O5Ti. The van der Waals surface area contributed by atoms with Crippen LogP contribution in [0.1, 0.15) is 0 Å². The molecule has 0 saturated carbocycles. The Kier molecular flexibility index (Phi) is 3060. The van der Waals surface area contributed by atoms with E-state index in [1.54, 1.807) is 0 Å². The van der Waals surface area contributed by atoms with Crippen molar-refractivity contribution >= 4 is 5.94 Å². The van der Waals surface area contributed by atoms with Crippen molar-refractivity contribution in [2.24, 2.45) is 0 Å². The summed E-state index contributed by atoms with van der Waals surface area (Å²) >= 11 is 0. The fourth-order valence-electron chi connectivity index (χ4n) is 0. The molecule has 0 atom stereocenters. The van der Waals surface area contributed by atoms with Gasteiger partial charge in [0.15, 0.2) is 0 Å². The summed E-state index contributed by atoms with van der Waals surface area (Å²) in [5.41, 5.74) is 0. The van der Waals surface area contributed by atoms with Crippen LogP contribution in [0.2, 0.25) is 0 Å². The molecule has 52 valence electrons. The molecule has 0 aromatic rings. The molecule has 0 aromatic carbocycles. The molecule has 8 heavy (non-hydrogen) atoms. The third-order valence-corrected chi connectivity index (χ3v) is 0. The fourth-order valence-corrected chi connectivity index (χ4v) is 0. The Balaban J connectivity index is -0.00000000200. The van der Waals surface area contributed by atoms with Gasteiger partial charge in [-0.15, -0.1) is 0 Å². The maximum absolute atomic E-state index is 8.57. The molecule has 0 amide bonds. The van der Waals surface area contributed by atoms with E-state index in [9.17, 15) is 0 Å². The summed E-state index contributed by atoms with van der Waals surface area (Å²) in [4.78, 5) is 8.57. The van der Waals surface area contributed by atoms with Gasteiger partial charge in [-0.25, -0.2) is 4.79 Å². The Hall–Kier alpha value is 0.00429. The summed E-state index contributed by atoms with van der Waals surface area (Å²) < 4.78 is 0. The summed E-state index contributed by atoms with van der Waals surface area (Å²) in [5.74, 6) is 1.25. The summed E-state index contributed by atoms with van der Waals surface area (Å²) in [5, 5.41) is 0. The number of carbonyl (C=O) groups excluding carboxylic acids is 1. The van der Waals surface area contributed by atoms with Crippen molar-refractivity contribution in [2.45, 2.75) is 0 Å². The Labute approximate surface area is 61.5 Å². The van der Waals surface area contributed by atoms with Crippen LogP contribution in [0.25, 0.3) is 0 Å². The molecule has 0 aliphatic heterocycles. The van der Waals surface area contributed by atoms with Crippen LogP contribution in [0.4, 0.5) is 0 Å². The van der Waals surface area contributed by atoms with E-state index in [1.165, 1.54) is 5.94 Å². The predicted molar refractivity (Wildman–Crippen MR) is 25.8 cm³/mol. The molecule has 0 aliphatic carbocycles. The quantitative estimate of drug-likeness (QED) is 0.266. The van der Waals surface area contributed by atoms with Crippen LogP contribution in [-0.4, -0.2) is 27.8 Å². The summed E-state index contributed by atoms with van der Waals surface area (Å²) in [6.07, 6.45) is 0. The van der Waals surface area contributed by atoms with Gasteiger partial charge in [-0.3, -0.25) is 0 Å². The van der Waals surface area contributed by atoms with Gasteiger partial charge in [0.05, 0.1) is 0 Å². The minimum absolute atomic E-state index is 0. The topological polar surface area (TPSA) is 143 Å². The van der Waals surface area contributed by atoms with Gasteiger partial charge in [0, 0.05) is 21.7 Å². The molecular weight excluding hydrogens is 152 g/mol. The van der Waals surface area contributed by atoms with Crippen LogP contribution in [0, 0.1) is 0 Å². The van der Waals surface area contributed by atoms with E-state index in [2.05, 4.69) is 6.58 Å². The summed E-state index contributed by atoms with van der Waals surface area (Å²) in [7, 11) is 0. The van der Waals surface area contributed by atoms with Gasteiger partial charge in [-0.2, -0.15) is 0 Å². The molecule has 0 saturated heterocycles. The van der Waals surface area contributed by atoms with E-state index >= 15 is 0 Å². The van der Waals surface area contributed by atoms with Gasteiger partial charge < -0.3 is 21.9 Å². The van der Waals surface area contributed by atoms with Crippen LogP contribution < -0.4 is 0 Å². The maximum Gasteiger partial charge on any atom is 0.116 e. The zero-order chi connectivity index (χ0) is 2.71. The second kappa shape index (κ2) is 250. The Morgan fingerprint density at radius 2 is 1.00 bits per heavy atom. The standard InChI is InChI=1S/C2H2O.4H2O.Ti/c1-2-3;;;;;/h1H2;4*1H2;. The van der Waals surface area contributed by atoms with Crippen LogP contribution in [-0.2, 0) is 26.5 Å². The largest absolute Gasteiger partial charge is 0.412 e. The van der Waals surface area contributed by atoms with Gasteiger partial charge in [0.25, 0.3) is 0 Å². The van der Waals surface area contributed by atoms with Crippen molar-refractivity contribution in [3.05, 3.63) is 6.58 Å². The van der Waals surface area contributed by atoms with E-state index in [-0.39, 0.29) is 43.6 Å². The van der Waals surface area contributed by atoms with Gasteiger partial charge >= 0.3 is 0 Å². The van der Waals surface area contributed by atoms with Crippen molar-refractivity contribution in [3.63, 3.8) is 0 Å². The van der Waals surface area contributed by atoms with Crippen molar-refractivity contribution in [1.82, 2.24) is 0 Å². The molecule has 0 rings (SSSR count). The van der Waals surface area contributed by atoms with Crippen molar-refractivity contribution in [3.8, 4) is 0 Å². The molecule has 0 radical (unpaired) electrons. The van der Waals surface area contributed by atoms with Gasteiger partial charge in [0.1, 0.15) is 5.94 Å². The van der Waals surface area contributed by atoms with Crippen molar-refractivity contribution < 1.29 is 48.4 Å². The SMILES string of the molecule is C=C=O.O.O.O.O.[Ti]. The number of hydrogen-bond donors (Lipinski definition) is 0. The molecule has 5 nitrogen and oxygen atoms in total. The first-order valence-corrected chi connectivity index (χ1v) is 0.558. The molecule has 0 aromatic heterocycles. The molecule has 0 unspecified atom stereocenters. The normalized spacial score (nSPS) is 1.00. The van der Waals surface area contributed by atoms with E-state index in [0.29, 0.717) is 0 Å². The Morgan fingerprint density at radius 3 is 1.00 bits per heavy atom. The van der Waals surface area contributed by atoms with Gasteiger partial charge in [0.2, 0.25) is 0 Å². The first-order valence-electron chi connectivity index (χ1n) is 0.558. The number of hydrogen-bond acceptors (Lipinski definition) is 1. The zero-order valence-corrected chi connectivity index (χ0v) is 5.68. The smallest absolute Gasteiger partial charge is 0.116 e. The van der Waals surface area contributed by atoms with E-state index < -0.39 is 0 Å². The molecule has 0 spiro atoms. The molecule has 6 heteroatoms. The third-order valence-electron chi connectivity index (χ3n) is 0. The first kappa shape index (κ1) is 97.8. The molecule has 0 heterocycles. The van der Waals surface area contributed by atoms with E-state index in [0.717, 1.165) is 0 Å². The van der Waals surface area contributed by atoms with E-state index in [1.807, 2.05) is 0 Å². The van der Waals surface area contributed by atoms with Crippen LogP contribution in [0.3, 0.4) is 0 Å². The number of rotatable bonds is 0. The van der Waals surface area contributed by atoms with E-state index in [4.69, 9.17) is 4.79 Å². The fraction of sp³-hybridized carbons (Fsp3) is 0. The predicted octanol–water partition coefficient (Wildman–Crippen LogP) is -3.30. The summed E-state index contributed by atoms with van der Waals surface area (Å²) in [6, 6.07) is 0. The average molecular weight is 162 g/mol. The van der Waals surface area contributed by atoms with Crippen molar-refractivity contribution in [1.29, 1.82) is 0 Å². The Morgan fingerprint density at radius 1 is 1.00 bits per heavy atom. The minimum atomic E-state index is 0. The van der Waals surface area contributed by atoms with Crippen LogP contribution >= 0.6 is 0 Å². The summed E-state index contributed by atoms with van der Waals surface area (Å²) in [6.45, 7) is 2.68. The minimum Gasteiger partial charge on any atom is -0.412 e. The molecule has 0 bridgehead atoms. The molecule has 8 N–H and O–H groups in total. The molecule has 0 fully saturated rings. The second-order valence-electron chi connectivity index (χ2n) is 0.144. The first-order chi connectivity index (χ1) is 1.41. The Bertz CT molecular complexity index is 31.4. The average Bonchev–Trinajstić information content (AvgIpc) is 0.918. The zero-order valence-electron chi connectivity index (χ0n) is 4.12. The molecule has 0 aliphatic rings.